The first kappa shape index (κ1) is 23.3. The number of hydrogen-bond acceptors (Lipinski definition) is 6. The molecule has 1 heterocycles. The van der Waals surface area contributed by atoms with E-state index < -0.39 is 24.0 Å². The van der Waals surface area contributed by atoms with Crippen molar-refractivity contribution < 1.29 is 23.9 Å². The standard InChI is InChI=1S/C19H27N5O5S/c1-23(10-16(20)25)18(27)15-8-13(9-24(15)17(26)11-30-3)22-19(28)21-12-4-6-14(29-2)7-5-12/h4-7,13,15H,8-11H2,1-3H3,(H2,20,25)(H2,21,22,28)/t13-,15-/m0/s1. The summed E-state index contributed by atoms with van der Waals surface area (Å²) in [5, 5.41) is 5.52. The highest BCUT2D eigenvalue weighted by Crippen LogP contribution is 2.21. The van der Waals surface area contributed by atoms with Crippen molar-refractivity contribution in [2.75, 3.05) is 44.6 Å². The zero-order valence-corrected chi connectivity index (χ0v) is 18.0. The summed E-state index contributed by atoms with van der Waals surface area (Å²) in [7, 11) is 3.01. The summed E-state index contributed by atoms with van der Waals surface area (Å²) in [4.78, 5) is 51.4. The number of anilines is 1. The summed E-state index contributed by atoms with van der Waals surface area (Å²) in [6, 6.07) is 5.22. The maximum atomic E-state index is 12.8. The quantitative estimate of drug-likeness (QED) is 0.528. The number of amides is 5. The molecule has 1 aromatic carbocycles. The van der Waals surface area contributed by atoms with Crippen molar-refractivity contribution in [2.24, 2.45) is 5.73 Å². The number of benzene rings is 1. The van der Waals surface area contributed by atoms with Crippen LogP contribution in [-0.2, 0) is 14.4 Å². The Balaban J connectivity index is 2.03. The van der Waals surface area contributed by atoms with Crippen molar-refractivity contribution in [1.29, 1.82) is 0 Å². The van der Waals surface area contributed by atoms with Crippen LogP contribution in [0.2, 0.25) is 0 Å². The second-order valence-electron chi connectivity index (χ2n) is 6.92. The number of nitrogens with two attached hydrogens (primary N) is 1. The lowest BCUT2D eigenvalue weighted by molar-refractivity contribution is -0.142. The second-order valence-corrected chi connectivity index (χ2v) is 7.78. The summed E-state index contributed by atoms with van der Waals surface area (Å²) in [6.07, 6.45) is 2.04. The Morgan fingerprint density at radius 2 is 1.93 bits per heavy atom. The van der Waals surface area contributed by atoms with Gasteiger partial charge in [-0.1, -0.05) is 0 Å². The molecule has 0 unspecified atom stereocenters. The van der Waals surface area contributed by atoms with Gasteiger partial charge in [0.2, 0.25) is 17.7 Å². The smallest absolute Gasteiger partial charge is 0.319 e. The Morgan fingerprint density at radius 1 is 1.27 bits per heavy atom. The molecule has 11 heteroatoms. The van der Waals surface area contributed by atoms with Crippen molar-refractivity contribution >= 4 is 41.2 Å². The number of thioether (sulfide) groups is 1. The van der Waals surface area contributed by atoms with Crippen LogP contribution in [0.15, 0.2) is 24.3 Å². The van der Waals surface area contributed by atoms with Crippen LogP contribution in [0.25, 0.3) is 0 Å². The van der Waals surface area contributed by atoms with Gasteiger partial charge in [0.15, 0.2) is 0 Å². The molecule has 4 N–H and O–H groups in total. The van der Waals surface area contributed by atoms with E-state index >= 15 is 0 Å². The van der Waals surface area contributed by atoms with Crippen LogP contribution in [0, 0.1) is 0 Å². The average Bonchev–Trinajstić information content (AvgIpc) is 3.11. The molecule has 1 aliphatic rings. The Labute approximate surface area is 179 Å². The molecular weight excluding hydrogens is 410 g/mol. The third-order valence-corrected chi connectivity index (χ3v) is 5.16. The highest BCUT2D eigenvalue weighted by atomic mass is 32.2. The van der Waals surface area contributed by atoms with E-state index in [9.17, 15) is 19.2 Å². The number of methoxy groups -OCH3 is 1. The molecule has 1 aliphatic heterocycles. The van der Waals surface area contributed by atoms with Gasteiger partial charge in [-0.25, -0.2) is 4.79 Å². The zero-order valence-electron chi connectivity index (χ0n) is 17.2. The lowest BCUT2D eigenvalue weighted by Gasteiger charge is -2.27. The molecule has 10 nitrogen and oxygen atoms in total. The molecule has 0 bridgehead atoms. The Hall–Kier alpha value is -2.95. The first-order chi connectivity index (χ1) is 14.2. The van der Waals surface area contributed by atoms with Gasteiger partial charge in [0.1, 0.15) is 11.8 Å². The van der Waals surface area contributed by atoms with Crippen molar-refractivity contribution in [3.05, 3.63) is 24.3 Å². The number of ether oxygens (including phenoxy) is 1. The summed E-state index contributed by atoms with van der Waals surface area (Å²) in [6.45, 7) is -0.0355. The largest absolute Gasteiger partial charge is 0.497 e. The first-order valence-electron chi connectivity index (χ1n) is 9.28. The fraction of sp³-hybridized carbons (Fsp3) is 0.474. The summed E-state index contributed by atoms with van der Waals surface area (Å²) in [5.74, 6) is -0.342. The number of nitrogens with one attached hydrogen (secondary N) is 2. The molecule has 2 rings (SSSR count). The van der Waals surface area contributed by atoms with Gasteiger partial charge in [-0.05, 0) is 36.9 Å². The number of urea groups is 1. The number of carbonyl (C=O) groups is 4. The molecule has 1 fully saturated rings. The van der Waals surface area contributed by atoms with E-state index in [0.29, 0.717) is 11.4 Å². The maximum Gasteiger partial charge on any atom is 0.319 e. The zero-order chi connectivity index (χ0) is 22.3. The number of hydrogen-bond donors (Lipinski definition) is 3. The normalized spacial score (nSPS) is 17.9. The maximum absolute atomic E-state index is 12.8. The van der Waals surface area contributed by atoms with E-state index in [2.05, 4.69) is 10.6 Å². The lowest BCUT2D eigenvalue weighted by Crippen LogP contribution is -2.48. The van der Waals surface area contributed by atoms with E-state index in [4.69, 9.17) is 10.5 Å². The van der Waals surface area contributed by atoms with Crippen LogP contribution >= 0.6 is 11.8 Å². The molecule has 0 aromatic heterocycles. The van der Waals surface area contributed by atoms with Gasteiger partial charge in [-0.2, -0.15) is 11.8 Å². The Morgan fingerprint density at radius 3 is 2.50 bits per heavy atom. The van der Waals surface area contributed by atoms with E-state index in [1.165, 1.54) is 28.6 Å². The Bertz CT molecular complexity index is 788. The first-order valence-corrected chi connectivity index (χ1v) is 10.7. The van der Waals surface area contributed by atoms with Gasteiger partial charge in [0.25, 0.3) is 0 Å². The molecule has 2 atom stereocenters. The molecule has 0 saturated carbocycles. The highest BCUT2D eigenvalue weighted by molar-refractivity contribution is 7.99. The minimum atomic E-state index is -0.764. The fourth-order valence-corrected chi connectivity index (χ4v) is 3.66. The topological polar surface area (TPSA) is 134 Å². The highest BCUT2D eigenvalue weighted by Gasteiger charge is 2.41. The Kier molecular flexibility index (Phi) is 8.34. The van der Waals surface area contributed by atoms with Gasteiger partial charge < -0.3 is 30.9 Å². The molecule has 30 heavy (non-hydrogen) atoms. The van der Waals surface area contributed by atoms with Gasteiger partial charge in [-0.3, -0.25) is 14.4 Å². The second kappa shape index (κ2) is 10.7. The molecule has 1 aromatic rings. The predicted molar refractivity (Wildman–Crippen MR) is 114 cm³/mol. The van der Waals surface area contributed by atoms with Crippen molar-refractivity contribution in [3.63, 3.8) is 0 Å². The number of likely N-dealkylation sites (N-methyl/N-ethyl adjacent to an activating group) is 1. The van der Waals surface area contributed by atoms with Crippen molar-refractivity contribution in [1.82, 2.24) is 15.1 Å². The van der Waals surface area contributed by atoms with E-state index in [-0.39, 0.29) is 37.1 Å². The SMILES string of the molecule is COc1ccc(NC(=O)N[C@H]2C[C@@H](C(=O)N(C)CC(N)=O)N(C(=O)CSC)C2)cc1. The van der Waals surface area contributed by atoms with Gasteiger partial charge >= 0.3 is 6.03 Å². The van der Waals surface area contributed by atoms with Gasteiger partial charge in [0.05, 0.1) is 25.4 Å². The molecule has 0 radical (unpaired) electrons. The number of primary amides is 1. The molecule has 0 aliphatic carbocycles. The third kappa shape index (κ3) is 6.28. The van der Waals surface area contributed by atoms with Crippen LogP contribution in [0.5, 0.6) is 5.75 Å². The minimum Gasteiger partial charge on any atom is -0.497 e. The van der Waals surface area contributed by atoms with Crippen LogP contribution in [0.1, 0.15) is 6.42 Å². The van der Waals surface area contributed by atoms with Crippen LogP contribution in [-0.4, -0.2) is 84.9 Å². The van der Waals surface area contributed by atoms with Crippen LogP contribution in [0.3, 0.4) is 0 Å². The lowest BCUT2D eigenvalue weighted by atomic mass is 10.1. The third-order valence-electron chi connectivity index (χ3n) is 4.63. The van der Waals surface area contributed by atoms with Crippen LogP contribution in [0.4, 0.5) is 10.5 Å². The number of nitrogens with zero attached hydrogens (tertiary/aromatic N) is 2. The molecule has 0 spiro atoms. The predicted octanol–water partition coefficient (Wildman–Crippen LogP) is 0.0929. The molecule has 1 saturated heterocycles. The minimum absolute atomic E-state index is 0.201. The molecular formula is C19H27N5O5S. The van der Waals surface area contributed by atoms with E-state index in [1.54, 1.807) is 37.6 Å². The van der Waals surface area contributed by atoms with Gasteiger partial charge in [0, 0.05) is 19.3 Å². The van der Waals surface area contributed by atoms with Crippen molar-refractivity contribution in [2.45, 2.75) is 18.5 Å². The monoisotopic (exact) mass is 437 g/mol. The van der Waals surface area contributed by atoms with Gasteiger partial charge in [-0.15, -0.1) is 0 Å². The number of rotatable bonds is 8. The van der Waals surface area contributed by atoms with E-state index in [1.807, 2.05) is 0 Å². The summed E-state index contributed by atoms with van der Waals surface area (Å²) < 4.78 is 5.08. The van der Waals surface area contributed by atoms with Crippen LogP contribution < -0.4 is 21.1 Å². The number of carbonyl (C=O) groups excluding carboxylic acids is 4. The molecule has 5 amide bonds. The van der Waals surface area contributed by atoms with E-state index in [0.717, 1.165) is 0 Å². The fourth-order valence-electron chi connectivity index (χ4n) is 3.25. The molecule has 164 valence electrons. The summed E-state index contributed by atoms with van der Waals surface area (Å²) in [5.41, 5.74) is 5.75. The summed E-state index contributed by atoms with van der Waals surface area (Å²) >= 11 is 1.35. The average molecular weight is 438 g/mol. The number of likely N-dealkylation sites (tertiary alicyclic amines) is 1. The van der Waals surface area contributed by atoms with Crippen molar-refractivity contribution in [3.8, 4) is 5.75 Å².